The van der Waals surface area contributed by atoms with Crippen molar-refractivity contribution < 1.29 is 36.5 Å². The third-order valence-corrected chi connectivity index (χ3v) is 5.93. The zero-order valence-electron chi connectivity index (χ0n) is 20.1. The van der Waals surface area contributed by atoms with Crippen molar-refractivity contribution in [2.75, 3.05) is 6.61 Å². The number of aliphatic hydroxyl groups is 5. The summed E-state index contributed by atoms with van der Waals surface area (Å²) in [6, 6.07) is 0. The first-order valence-electron chi connectivity index (χ1n) is 12.7. The van der Waals surface area contributed by atoms with Crippen LogP contribution in [0.5, 0.6) is 0 Å². The predicted octanol–water partition coefficient (Wildman–Crippen LogP) is 2.82. The van der Waals surface area contributed by atoms with Crippen LogP contribution in [0.4, 0.5) is 0 Å². The Morgan fingerprint density at radius 2 is 1.26 bits per heavy atom. The fourth-order valence-corrected chi connectivity index (χ4v) is 3.79. The van der Waals surface area contributed by atoms with E-state index >= 15 is 0 Å². The van der Waals surface area contributed by atoms with Gasteiger partial charge in [0.25, 0.3) is 0 Å². The Labute approximate surface area is 189 Å². The number of hydrogen-bond acceptors (Lipinski definition) is 7. The normalized spacial score (nSPS) is 16.9. The standard InChI is InChI=1S/C24H46O7/c1-2-3-4-5-6-7-8-9-10-11-12-13-14-15-16-17-21(28)24(31,22(29)19-26)23(30)20(27)18-25/h19-20,22-23,25,27,29-31H,2-18H2,1H3/t20-,22+,23-,24-/m1/s1/i1D. The highest BCUT2D eigenvalue weighted by molar-refractivity contribution is 5.91. The van der Waals surface area contributed by atoms with E-state index in [-0.39, 0.29) is 12.7 Å². The van der Waals surface area contributed by atoms with Gasteiger partial charge in [-0.25, -0.2) is 0 Å². The molecule has 0 heterocycles. The van der Waals surface area contributed by atoms with Gasteiger partial charge >= 0.3 is 0 Å². The van der Waals surface area contributed by atoms with Gasteiger partial charge in [-0.05, 0) is 6.42 Å². The molecule has 31 heavy (non-hydrogen) atoms. The smallest absolute Gasteiger partial charge is 0.184 e. The van der Waals surface area contributed by atoms with E-state index in [9.17, 15) is 30.0 Å². The molecule has 0 unspecified atom stereocenters. The third-order valence-electron chi connectivity index (χ3n) is 5.93. The summed E-state index contributed by atoms with van der Waals surface area (Å²) in [6.45, 7) is -0.372. The predicted molar refractivity (Wildman–Crippen MR) is 121 cm³/mol. The van der Waals surface area contributed by atoms with E-state index < -0.39 is 36.3 Å². The van der Waals surface area contributed by atoms with Gasteiger partial charge in [0.2, 0.25) is 0 Å². The molecule has 5 N–H and O–H groups in total. The second kappa shape index (κ2) is 18.7. The van der Waals surface area contributed by atoms with Crippen LogP contribution in [0.3, 0.4) is 0 Å². The van der Waals surface area contributed by atoms with Gasteiger partial charge in [0.1, 0.15) is 18.3 Å². The topological polar surface area (TPSA) is 135 Å². The molecular weight excluding hydrogens is 400 g/mol. The van der Waals surface area contributed by atoms with Gasteiger partial charge in [-0.2, -0.15) is 0 Å². The lowest BCUT2D eigenvalue weighted by Gasteiger charge is -2.35. The molecule has 0 aromatic carbocycles. The molecule has 0 saturated carbocycles. The molecule has 0 aliphatic heterocycles. The van der Waals surface area contributed by atoms with Gasteiger partial charge in [0, 0.05) is 7.79 Å². The molecule has 0 amide bonds. The lowest BCUT2D eigenvalue weighted by Crippen LogP contribution is -2.62. The van der Waals surface area contributed by atoms with Gasteiger partial charge < -0.3 is 30.3 Å². The summed E-state index contributed by atoms with van der Waals surface area (Å²) in [7, 11) is 0. The Hall–Kier alpha value is -0.860. The lowest BCUT2D eigenvalue weighted by atomic mass is 9.81. The Bertz CT molecular complexity index is 477. The molecule has 7 heteroatoms. The number of carbonyl (C=O) groups excluding carboxylic acids is 2. The summed E-state index contributed by atoms with van der Waals surface area (Å²) in [5, 5.41) is 48.5. The summed E-state index contributed by atoms with van der Waals surface area (Å²) in [5.41, 5.74) is -2.83. The van der Waals surface area contributed by atoms with Crippen LogP contribution in [0.25, 0.3) is 0 Å². The average molecular weight is 448 g/mol. The second-order valence-corrected chi connectivity index (χ2v) is 8.58. The molecule has 0 aliphatic rings. The zero-order chi connectivity index (χ0) is 24.2. The fraction of sp³-hybridized carbons (Fsp3) is 0.917. The number of ketones is 1. The first kappa shape index (κ1) is 28.2. The number of Topliss-reactive ketones (excluding diaryl/α,β-unsaturated/α-hetero) is 1. The van der Waals surface area contributed by atoms with Crippen LogP contribution in [0.15, 0.2) is 0 Å². The molecule has 0 spiro atoms. The van der Waals surface area contributed by atoms with E-state index in [4.69, 9.17) is 6.48 Å². The molecule has 0 rings (SSSR count). The maximum atomic E-state index is 12.3. The minimum atomic E-state index is -2.83. The molecule has 0 saturated heterocycles. The number of aldehydes is 1. The monoisotopic (exact) mass is 447 g/mol. The maximum absolute atomic E-state index is 12.3. The van der Waals surface area contributed by atoms with Crippen molar-refractivity contribution in [3.8, 4) is 0 Å². The first-order valence-corrected chi connectivity index (χ1v) is 12.0. The van der Waals surface area contributed by atoms with Crippen molar-refractivity contribution in [1.82, 2.24) is 0 Å². The van der Waals surface area contributed by atoms with Gasteiger partial charge in [0.15, 0.2) is 17.7 Å². The molecular formula is C24H46O7. The van der Waals surface area contributed by atoms with Crippen molar-refractivity contribution in [3.63, 3.8) is 0 Å². The molecule has 7 nitrogen and oxygen atoms in total. The summed E-state index contributed by atoms with van der Waals surface area (Å²) >= 11 is 0. The molecule has 0 bridgehead atoms. The highest BCUT2D eigenvalue weighted by Crippen LogP contribution is 2.23. The van der Waals surface area contributed by atoms with E-state index in [1.807, 2.05) is 0 Å². The van der Waals surface area contributed by atoms with Crippen molar-refractivity contribution in [1.29, 1.82) is 0 Å². The summed E-state index contributed by atoms with van der Waals surface area (Å²) < 4.78 is 7.10. The van der Waals surface area contributed by atoms with Crippen molar-refractivity contribution >= 4 is 12.1 Å². The van der Waals surface area contributed by atoms with Gasteiger partial charge in [-0.3, -0.25) is 4.79 Å². The Balaban J connectivity index is 3.84. The van der Waals surface area contributed by atoms with Crippen LogP contribution in [-0.4, -0.2) is 68.1 Å². The summed E-state index contributed by atoms with van der Waals surface area (Å²) in [5.74, 6) is -0.923. The van der Waals surface area contributed by atoms with E-state index in [0.717, 1.165) is 32.1 Å². The van der Waals surface area contributed by atoms with Crippen LogP contribution in [0.2, 0.25) is 0 Å². The summed E-state index contributed by atoms with van der Waals surface area (Å²) in [4.78, 5) is 23.2. The average Bonchev–Trinajstić information content (AvgIpc) is 2.81. The first-order chi connectivity index (χ1) is 15.4. The SMILES string of the molecule is [2H]CCCCCCCCCCCCCCCCCC(=O)[C@](O)([C@H](O)[C@H](O)CO)[C@@H](O)C=O. The van der Waals surface area contributed by atoms with E-state index in [1.54, 1.807) is 0 Å². The molecule has 184 valence electrons. The Kier molecular flexibility index (Phi) is 17.0. The summed E-state index contributed by atoms with van der Waals surface area (Å²) in [6.07, 6.45) is 10.2. The fourth-order valence-electron chi connectivity index (χ4n) is 3.79. The van der Waals surface area contributed by atoms with Crippen LogP contribution in [-0.2, 0) is 9.59 Å². The number of aliphatic hydroxyl groups excluding tert-OH is 4. The van der Waals surface area contributed by atoms with E-state index in [2.05, 4.69) is 0 Å². The molecule has 0 aromatic heterocycles. The number of carbonyl (C=O) groups is 2. The van der Waals surface area contributed by atoms with Gasteiger partial charge in [-0.1, -0.05) is 96.8 Å². The molecule has 0 radical (unpaired) electrons. The van der Waals surface area contributed by atoms with E-state index in [0.29, 0.717) is 13.3 Å². The molecule has 4 atom stereocenters. The minimum Gasteiger partial charge on any atom is -0.394 e. The molecule has 0 fully saturated rings. The van der Waals surface area contributed by atoms with Crippen LogP contribution in [0, 0.1) is 0 Å². The Morgan fingerprint density at radius 1 is 0.839 bits per heavy atom. The largest absolute Gasteiger partial charge is 0.394 e. The highest BCUT2D eigenvalue weighted by atomic mass is 16.4. The van der Waals surface area contributed by atoms with Crippen molar-refractivity contribution in [2.24, 2.45) is 0 Å². The molecule has 0 aliphatic carbocycles. The quantitative estimate of drug-likeness (QED) is 0.127. The number of unbranched alkanes of at least 4 members (excludes halogenated alkanes) is 14. The van der Waals surface area contributed by atoms with Crippen LogP contribution in [0.1, 0.15) is 111 Å². The molecule has 0 aromatic rings. The van der Waals surface area contributed by atoms with Crippen LogP contribution < -0.4 is 0 Å². The van der Waals surface area contributed by atoms with Crippen LogP contribution >= 0.6 is 0 Å². The Morgan fingerprint density at radius 3 is 1.65 bits per heavy atom. The van der Waals surface area contributed by atoms with Gasteiger partial charge in [0.05, 0.1) is 6.61 Å². The van der Waals surface area contributed by atoms with Gasteiger partial charge in [-0.15, -0.1) is 0 Å². The lowest BCUT2D eigenvalue weighted by molar-refractivity contribution is -0.189. The number of rotatable bonds is 22. The third kappa shape index (κ3) is 12.1. The minimum absolute atomic E-state index is 0.0629. The van der Waals surface area contributed by atoms with E-state index in [1.165, 1.54) is 57.8 Å². The number of hydrogen-bond donors (Lipinski definition) is 5. The van der Waals surface area contributed by atoms with Crippen molar-refractivity contribution in [2.45, 2.75) is 134 Å². The highest BCUT2D eigenvalue weighted by Gasteiger charge is 2.51. The van der Waals surface area contributed by atoms with Crippen molar-refractivity contribution in [3.05, 3.63) is 0 Å². The zero-order valence-corrected chi connectivity index (χ0v) is 19.1. The maximum Gasteiger partial charge on any atom is 0.184 e. The second-order valence-electron chi connectivity index (χ2n) is 8.58.